The Morgan fingerprint density at radius 3 is 2.80 bits per heavy atom. The van der Waals surface area contributed by atoms with Gasteiger partial charge >= 0.3 is 5.97 Å². The first kappa shape index (κ1) is 14.3. The molecule has 0 N–H and O–H groups in total. The van der Waals surface area contributed by atoms with Crippen LogP contribution in [-0.4, -0.2) is 27.6 Å². The van der Waals surface area contributed by atoms with Crippen LogP contribution in [0.3, 0.4) is 0 Å². The van der Waals surface area contributed by atoms with Crippen molar-refractivity contribution in [2.45, 2.75) is 13.5 Å². The van der Waals surface area contributed by atoms with Crippen LogP contribution in [0.2, 0.25) is 5.02 Å². The molecule has 0 atom stereocenters. The second-order valence-corrected chi connectivity index (χ2v) is 4.63. The van der Waals surface area contributed by atoms with E-state index in [1.165, 1.54) is 6.08 Å². The molecule has 0 aliphatic rings. The number of carbonyl (C=O) groups is 1. The van der Waals surface area contributed by atoms with Crippen LogP contribution in [0.15, 0.2) is 36.9 Å². The predicted octanol–water partition coefficient (Wildman–Crippen LogP) is 2.63. The lowest BCUT2D eigenvalue weighted by atomic mass is 10.2. The summed E-state index contributed by atoms with van der Waals surface area (Å²) >= 11 is 5.84. The maximum absolute atomic E-state index is 11.7. The van der Waals surface area contributed by atoms with E-state index in [-0.39, 0.29) is 12.3 Å². The standard InChI is InChI=1S/C14H14ClN3O2/c1-3-8-20-14(19)13-10(2)18(17-16-13)9-11-4-6-12(15)7-5-11/h3-7H,1,8-9H2,2H3. The smallest absolute Gasteiger partial charge is 0.361 e. The van der Waals surface area contributed by atoms with Crippen molar-refractivity contribution in [3.05, 3.63) is 58.9 Å². The van der Waals surface area contributed by atoms with E-state index in [1.807, 2.05) is 24.3 Å². The number of benzene rings is 1. The van der Waals surface area contributed by atoms with E-state index in [0.717, 1.165) is 5.56 Å². The van der Waals surface area contributed by atoms with Gasteiger partial charge < -0.3 is 4.74 Å². The highest BCUT2D eigenvalue weighted by Gasteiger charge is 2.17. The molecular formula is C14H14ClN3O2. The minimum atomic E-state index is -0.496. The van der Waals surface area contributed by atoms with Crippen molar-refractivity contribution in [2.75, 3.05) is 6.61 Å². The molecule has 0 radical (unpaired) electrons. The predicted molar refractivity (Wildman–Crippen MR) is 75.8 cm³/mol. The van der Waals surface area contributed by atoms with E-state index in [1.54, 1.807) is 11.6 Å². The van der Waals surface area contributed by atoms with Gasteiger partial charge in [-0.25, -0.2) is 9.48 Å². The minimum absolute atomic E-state index is 0.155. The lowest BCUT2D eigenvalue weighted by Gasteiger charge is -2.04. The van der Waals surface area contributed by atoms with Gasteiger partial charge in [0.25, 0.3) is 0 Å². The summed E-state index contributed by atoms with van der Waals surface area (Å²) < 4.78 is 6.59. The Labute approximate surface area is 121 Å². The normalized spacial score (nSPS) is 10.3. The van der Waals surface area contributed by atoms with Gasteiger partial charge in [-0.05, 0) is 24.6 Å². The molecule has 0 spiro atoms. The molecule has 2 aromatic rings. The number of halogens is 1. The van der Waals surface area contributed by atoms with Gasteiger partial charge in [0.05, 0.1) is 12.2 Å². The fourth-order valence-electron chi connectivity index (χ4n) is 1.66. The Kier molecular flexibility index (Phi) is 4.53. The third kappa shape index (κ3) is 3.24. The van der Waals surface area contributed by atoms with Crippen LogP contribution < -0.4 is 0 Å². The van der Waals surface area contributed by atoms with E-state index in [9.17, 15) is 4.79 Å². The van der Waals surface area contributed by atoms with Gasteiger partial charge in [0.15, 0.2) is 5.69 Å². The molecule has 0 saturated heterocycles. The van der Waals surface area contributed by atoms with Crippen molar-refractivity contribution in [1.29, 1.82) is 0 Å². The molecule has 1 aromatic carbocycles. The topological polar surface area (TPSA) is 57.0 Å². The Morgan fingerprint density at radius 2 is 2.15 bits per heavy atom. The highest BCUT2D eigenvalue weighted by molar-refractivity contribution is 6.30. The first-order valence-electron chi connectivity index (χ1n) is 6.04. The number of hydrogen-bond donors (Lipinski definition) is 0. The number of esters is 1. The summed E-state index contributed by atoms with van der Waals surface area (Å²) in [4.78, 5) is 11.7. The highest BCUT2D eigenvalue weighted by Crippen LogP contribution is 2.12. The van der Waals surface area contributed by atoms with Crippen LogP contribution in [0.4, 0.5) is 0 Å². The maximum atomic E-state index is 11.7. The molecule has 0 aliphatic heterocycles. The number of aromatic nitrogens is 3. The summed E-state index contributed by atoms with van der Waals surface area (Å²) in [7, 11) is 0. The molecule has 2 rings (SSSR count). The highest BCUT2D eigenvalue weighted by atomic mass is 35.5. The molecule has 0 unspecified atom stereocenters. The number of rotatable bonds is 5. The first-order chi connectivity index (χ1) is 9.61. The summed E-state index contributed by atoms with van der Waals surface area (Å²) in [5.74, 6) is -0.496. The van der Waals surface area contributed by atoms with Crippen molar-refractivity contribution in [3.63, 3.8) is 0 Å². The monoisotopic (exact) mass is 291 g/mol. The van der Waals surface area contributed by atoms with Crippen LogP contribution in [-0.2, 0) is 11.3 Å². The molecule has 0 aliphatic carbocycles. The largest absolute Gasteiger partial charge is 0.457 e. The van der Waals surface area contributed by atoms with Crippen LogP contribution >= 0.6 is 11.6 Å². The van der Waals surface area contributed by atoms with E-state index < -0.39 is 5.97 Å². The average Bonchev–Trinajstić information content (AvgIpc) is 2.80. The van der Waals surface area contributed by atoms with Crippen molar-refractivity contribution in [1.82, 2.24) is 15.0 Å². The molecule has 1 aromatic heterocycles. The molecule has 0 bridgehead atoms. The zero-order chi connectivity index (χ0) is 14.5. The molecule has 0 saturated carbocycles. The molecule has 1 heterocycles. The second kappa shape index (κ2) is 6.34. The van der Waals surface area contributed by atoms with Crippen LogP contribution in [0.25, 0.3) is 0 Å². The van der Waals surface area contributed by atoms with Crippen molar-refractivity contribution in [2.24, 2.45) is 0 Å². The SMILES string of the molecule is C=CCOC(=O)c1nnn(Cc2ccc(Cl)cc2)c1C. The third-order valence-electron chi connectivity index (χ3n) is 2.75. The van der Waals surface area contributed by atoms with E-state index >= 15 is 0 Å². The summed E-state index contributed by atoms with van der Waals surface area (Å²) in [6.07, 6.45) is 1.51. The quantitative estimate of drug-likeness (QED) is 0.628. The zero-order valence-corrected chi connectivity index (χ0v) is 11.8. The van der Waals surface area contributed by atoms with E-state index in [0.29, 0.717) is 17.3 Å². The van der Waals surface area contributed by atoms with Gasteiger partial charge in [-0.1, -0.05) is 41.6 Å². The lowest BCUT2D eigenvalue weighted by molar-refractivity contribution is 0.0542. The van der Waals surface area contributed by atoms with Crippen LogP contribution in [0.5, 0.6) is 0 Å². The van der Waals surface area contributed by atoms with E-state index in [2.05, 4.69) is 16.9 Å². The maximum Gasteiger partial charge on any atom is 0.361 e. The molecule has 5 nitrogen and oxygen atoms in total. The summed E-state index contributed by atoms with van der Waals surface area (Å²) in [6.45, 7) is 5.94. The van der Waals surface area contributed by atoms with Gasteiger partial charge in [0.1, 0.15) is 6.61 Å². The third-order valence-corrected chi connectivity index (χ3v) is 3.01. The Morgan fingerprint density at radius 1 is 1.45 bits per heavy atom. The van der Waals surface area contributed by atoms with Crippen molar-refractivity contribution in [3.8, 4) is 0 Å². The number of hydrogen-bond acceptors (Lipinski definition) is 4. The Bertz CT molecular complexity index is 620. The fraction of sp³-hybridized carbons (Fsp3) is 0.214. The number of ether oxygens (including phenoxy) is 1. The van der Waals surface area contributed by atoms with Gasteiger partial charge in [-0.3, -0.25) is 0 Å². The van der Waals surface area contributed by atoms with Gasteiger partial charge in [-0.2, -0.15) is 0 Å². The average molecular weight is 292 g/mol. The van der Waals surface area contributed by atoms with Crippen LogP contribution in [0, 0.1) is 6.92 Å². The van der Waals surface area contributed by atoms with Crippen molar-refractivity contribution >= 4 is 17.6 Å². The number of nitrogens with zero attached hydrogens (tertiary/aromatic N) is 3. The lowest BCUT2D eigenvalue weighted by Crippen LogP contribution is -2.09. The molecular weight excluding hydrogens is 278 g/mol. The van der Waals surface area contributed by atoms with Gasteiger partial charge in [0, 0.05) is 5.02 Å². The number of carbonyl (C=O) groups excluding carboxylic acids is 1. The molecule has 0 amide bonds. The zero-order valence-electron chi connectivity index (χ0n) is 11.0. The van der Waals surface area contributed by atoms with Crippen molar-refractivity contribution < 1.29 is 9.53 Å². The first-order valence-corrected chi connectivity index (χ1v) is 6.42. The summed E-state index contributed by atoms with van der Waals surface area (Å²) in [5.41, 5.74) is 1.91. The fourth-order valence-corrected chi connectivity index (χ4v) is 1.79. The molecule has 6 heteroatoms. The minimum Gasteiger partial charge on any atom is -0.457 e. The van der Waals surface area contributed by atoms with E-state index in [4.69, 9.17) is 16.3 Å². The molecule has 104 valence electrons. The molecule has 20 heavy (non-hydrogen) atoms. The summed E-state index contributed by atoms with van der Waals surface area (Å²) in [6, 6.07) is 7.42. The van der Waals surface area contributed by atoms with Gasteiger partial charge in [0.2, 0.25) is 0 Å². The second-order valence-electron chi connectivity index (χ2n) is 4.19. The Balaban J connectivity index is 2.14. The summed E-state index contributed by atoms with van der Waals surface area (Å²) in [5, 5.41) is 8.51. The Hall–Kier alpha value is -2.14. The van der Waals surface area contributed by atoms with Gasteiger partial charge in [-0.15, -0.1) is 5.10 Å². The molecule has 0 fully saturated rings. The van der Waals surface area contributed by atoms with Crippen LogP contribution in [0.1, 0.15) is 21.7 Å².